The topological polar surface area (TPSA) is 29.3 Å². The zero-order valence-corrected chi connectivity index (χ0v) is 8.59. The maximum atomic E-state index is 5.56. The maximum absolute atomic E-state index is 5.56. The number of likely N-dealkylation sites (N-methyl/N-ethyl adjacent to an activating group) is 1. The molecule has 1 atom stereocenters. The second-order valence-corrected chi connectivity index (χ2v) is 2.66. The molecular weight excluding hydrogens is 183 g/mol. The molecule has 0 aromatic heterocycles. The Kier molecular flexibility index (Phi) is 9.15. The van der Waals surface area contributed by atoms with Gasteiger partial charge in [0, 0.05) is 12.6 Å². The highest BCUT2D eigenvalue weighted by Crippen LogP contribution is 2.14. The van der Waals surface area contributed by atoms with E-state index in [2.05, 4.69) is 11.8 Å². The van der Waals surface area contributed by atoms with Gasteiger partial charge in [-0.25, -0.2) is 0 Å². The summed E-state index contributed by atoms with van der Waals surface area (Å²) in [5.41, 5.74) is 5.56. The van der Waals surface area contributed by atoms with Gasteiger partial charge in [0.2, 0.25) is 0 Å². The van der Waals surface area contributed by atoms with E-state index in [0.717, 1.165) is 6.54 Å². The Morgan fingerprint density at radius 3 is 2.45 bits per heavy atom. The fraction of sp³-hybridized carbons (Fsp3) is 1.00. The lowest BCUT2D eigenvalue weighted by Crippen LogP contribution is -2.34. The fourth-order valence-corrected chi connectivity index (χ4v) is 1.58. The first-order valence-electron chi connectivity index (χ1n) is 3.82. The molecule has 1 aliphatic heterocycles. The Morgan fingerprint density at radius 1 is 1.45 bits per heavy atom. The summed E-state index contributed by atoms with van der Waals surface area (Å²) in [6.07, 6.45) is 2.65. The molecule has 70 valence electrons. The minimum atomic E-state index is 0. The van der Waals surface area contributed by atoms with Crippen molar-refractivity contribution in [2.45, 2.75) is 25.8 Å². The van der Waals surface area contributed by atoms with Gasteiger partial charge in [0.15, 0.2) is 0 Å². The molecule has 0 aromatic rings. The lowest BCUT2D eigenvalue weighted by atomic mass is 10.2. The van der Waals surface area contributed by atoms with E-state index in [4.69, 9.17) is 5.73 Å². The second-order valence-electron chi connectivity index (χ2n) is 2.66. The van der Waals surface area contributed by atoms with Crippen molar-refractivity contribution in [2.75, 3.05) is 19.6 Å². The molecule has 1 heterocycles. The van der Waals surface area contributed by atoms with Crippen LogP contribution in [0.3, 0.4) is 0 Å². The van der Waals surface area contributed by atoms with Gasteiger partial charge in [0.05, 0.1) is 0 Å². The van der Waals surface area contributed by atoms with Gasteiger partial charge >= 0.3 is 0 Å². The summed E-state index contributed by atoms with van der Waals surface area (Å²) in [6.45, 7) is 5.47. The highest BCUT2D eigenvalue weighted by Gasteiger charge is 2.20. The standard InChI is InChI=1S/C7H16N2.2ClH/c1-2-9-5-3-4-7(9)6-8;;/h7H,2-6,8H2,1H3;2*1H. The van der Waals surface area contributed by atoms with E-state index in [1.807, 2.05) is 0 Å². The third-order valence-electron chi connectivity index (χ3n) is 2.18. The summed E-state index contributed by atoms with van der Waals surface area (Å²) in [7, 11) is 0. The van der Waals surface area contributed by atoms with Gasteiger partial charge in [0.1, 0.15) is 0 Å². The average molecular weight is 201 g/mol. The third-order valence-corrected chi connectivity index (χ3v) is 2.18. The number of nitrogens with two attached hydrogens (primary N) is 1. The number of hydrogen-bond acceptors (Lipinski definition) is 2. The van der Waals surface area contributed by atoms with Crippen LogP contribution in [0.4, 0.5) is 0 Å². The minimum absolute atomic E-state index is 0. The maximum Gasteiger partial charge on any atom is 0.0218 e. The minimum Gasteiger partial charge on any atom is -0.329 e. The SMILES string of the molecule is CCN1CCCC1CN.Cl.Cl. The molecule has 11 heavy (non-hydrogen) atoms. The number of hydrogen-bond donors (Lipinski definition) is 1. The van der Waals surface area contributed by atoms with Gasteiger partial charge in [-0.3, -0.25) is 4.90 Å². The van der Waals surface area contributed by atoms with Crippen LogP contribution in [0.5, 0.6) is 0 Å². The summed E-state index contributed by atoms with van der Waals surface area (Å²) in [6, 6.07) is 0.690. The van der Waals surface area contributed by atoms with Gasteiger partial charge < -0.3 is 5.73 Å². The van der Waals surface area contributed by atoms with Gasteiger partial charge in [-0.1, -0.05) is 6.92 Å². The Morgan fingerprint density at radius 2 is 2.09 bits per heavy atom. The molecule has 2 nitrogen and oxygen atoms in total. The van der Waals surface area contributed by atoms with Crippen LogP contribution in [-0.2, 0) is 0 Å². The quantitative estimate of drug-likeness (QED) is 0.729. The first kappa shape index (κ1) is 14.0. The van der Waals surface area contributed by atoms with Gasteiger partial charge in [-0.15, -0.1) is 24.8 Å². The zero-order chi connectivity index (χ0) is 6.69. The van der Waals surface area contributed by atoms with Crippen molar-refractivity contribution in [3.8, 4) is 0 Å². The molecule has 0 bridgehead atoms. The molecule has 0 radical (unpaired) electrons. The Bertz CT molecular complexity index is 80.5. The molecule has 0 aromatic carbocycles. The van der Waals surface area contributed by atoms with Crippen LogP contribution in [-0.4, -0.2) is 30.6 Å². The number of likely N-dealkylation sites (tertiary alicyclic amines) is 1. The molecule has 2 N–H and O–H groups in total. The van der Waals surface area contributed by atoms with Crippen molar-refractivity contribution in [1.82, 2.24) is 4.90 Å². The van der Waals surface area contributed by atoms with Crippen LogP contribution in [0.2, 0.25) is 0 Å². The zero-order valence-electron chi connectivity index (χ0n) is 6.95. The summed E-state index contributed by atoms with van der Waals surface area (Å²) in [5.74, 6) is 0. The predicted octanol–water partition coefficient (Wildman–Crippen LogP) is 1.27. The Labute approximate surface area is 81.3 Å². The van der Waals surface area contributed by atoms with Gasteiger partial charge in [-0.05, 0) is 25.9 Å². The van der Waals surface area contributed by atoms with Crippen LogP contribution in [0, 0.1) is 0 Å². The van der Waals surface area contributed by atoms with E-state index in [1.54, 1.807) is 0 Å². The number of nitrogens with zero attached hydrogens (tertiary/aromatic N) is 1. The van der Waals surface area contributed by atoms with Crippen LogP contribution >= 0.6 is 24.8 Å². The van der Waals surface area contributed by atoms with Crippen molar-refractivity contribution in [1.29, 1.82) is 0 Å². The van der Waals surface area contributed by atoms with Crippen molar-refractivity contribution < 1.29 is 0 Å². The molecule has 1 unspecified atom stereocenters. The molecule has 1 aliphatic rings. The summed E-state index contributed by atoms with van der Waals surface area (Å²) in [4.78, 5) is 2.46. The molecular formula is C7H18Cl2N2. The van der Waals surface area contributed by atoms with E-state index in [0.29, 0.717) is 6.04 Å². The monoisotopic (exact) mass is 200 g/mol. The van der Waals surface area contributed by atoms with E-state index in [1.165, 1.54) is 25.9 Å². The van der Waals surface area contributed by atoms with Gasteiger partial charge in [-0.2, -0.15) is 0 Å². The smallest absolute Gasteiger partial charge is 0.0218 e. The molecule has 4 heteroatoms. The van der Waals surface area contributed by atoms with E-state index >= 15 is 0 Å². The highest BCUT2D eigenvalue weighted by molar-refractivity contribution is 5.85. The van der Waals surface area contributed by atoms with Crippen molar-refractivity contribution in [3.63, 3.8) is 0 Å². The van der Waals surface area contributed by atoms with Crippen LogP contribution < -0.4 is 5.73 Å². The van der Waals surface area contributed by atoms with Crippen LogP contribution in [0.25, 0.3) is 0 Å². The third kappa shape index (κ3) is 3.61. The predicted molar refractivity (Wildman–Crippen MR) is 53.8 cm³/mol. The summed E-state index contributed by atoms with van der Waals surface area (Å²) in [5, 5.41) is 0. The molecule has 0 aliphatic carbocycles. The molecule has 1 saturated heterocycles. The molecule has 0 amide bonds. The van der Waals surface area contributed by atoms with Gasteiger partial charge in [0.25, 0.3) is 0 Å². The Balaban J connectivity index is 0. The number of halogens is 2. The average Bonchev–Trinajstić information content (AvgIpc) is 2.33. The van der Waals surface area contributed by atoms with E-state index in [9.17, 15) is 0 Å². The summed E-state index contributed by atoms with van der Waals surface area (Å²) < 4.78 is 0. The van der Waals surface area contributed by atoms with E-state index < -0.39 is 0 Å². The first-order valence-corrected chi connectivity index (χ1v) is 3.82. The largest absolute Gasteiger partial charge is 0.329 e. The molecule has 1 fully saturated rings. The number of rotatable bonds is 2. The normalized spacial score (nSPS) is 24.0. The van der Waals surface area contributed by atoms with Crippen molar-refractivity contribution in [2.24, 2.45) is 5.73 Å². The van der Waals surface area contributed by atoms with Crippen molar-refractivity contribution in [3.05, 3.63) is 0 Å². The lowest BCUT2D eigenvalue weighted by Gasteiger charge is -2.20. The van der Waals surface area contributed by atoms with Crippen LogP contribution in [0.15, 0.2) is 0 Å². The lowest BCUT2D eigenvalue weighted by molar-refractivity contribution is 0.272. The van der Waals surface area contributed by atoms with Crippen LogP contribution in [0.1, 0.15) is 19.8 Å². The Hall–Kier alpha value is 0.500. The molecule has 0 spiro atoms. The van der Waals surface area contributed by atoms with Crippen molar-refractivity contribution >= 4 is 24.8 Å². The fourth-order valence-electron chi connectivity index (χ4n) is 1.58. The first-order chi connectivity index (χ1) is 4.38. The van der Waals surface area contributed by atoms with E-state index in [-0.39, 0.29) is 24.8 Å². The summed E-state index contributed by atoms with van der Waals surface area (Å²) >= 11 is 0. The second kappa shape index (κ2) is 7.17. The molecule has 1 rings (SSSR count). The highest BCUT2D eigenvalue weighted by atomic mass is 35.5. The molecule has 0 saturated carbocycles.